The van der Waals surface area contributed by atoms with Crippen LogP contribution in [0.5, 0.6) is 11.5 Å². The summed E-state index contributed by atoms with van der Waals surface area (Å²) >= 11 is 5.47. The van der Waals surface area contributed by atoms with Crippen molar-refractivity contribution >= 4 is 29.0 Å². The number of carbonyl (C=O) groups is 2. The molecule has 0 bridgehead atoms. The fourth-order valence-electron chi connectivity index (χ4n) is 3.20. The lowest BCUT2D eigenvalue weighted by Crippen LogP contribution is -2.41. The Kier molecular flexibility index (Phi) is 6.36. The topological polar surface area (TPSA) is 76.1 Å². The maximum absolute atomic E-state index is 11.6. The van der Waals surface area contributed by atoms with Gasteiger partial charge in [-0.1, -0.05) is 18.3 Å². The standard InChI is InChI=1S/C18H23NO5S/c1-11(20)4-9-17(25)19-13(6-7-14(19)18(21)22)12-5-8-15(23-2)16(10-12)24-3/h5,8,10,13-14H,4,6-7,9H2,1-3H3,(H,21,22)/t13-,14+/m1/s1. The summed E-state index contributed by atoms with van der Waals surface area (Å²) in [6.07, 6.45) is 1.89. The molecule has 2 atom stereocenters. The summed E-state index contributed by atoms with van der Waals surface area (Å²) in [7, 11) is 3.13. The zero-order valence-electron chi connectivity index (χ0n) is 14.7. The molecule has 0 saturated carbocycles. The van der Waals surface area contributed by atoms with E-state index >= 15 is 0 Å². The summed E-state index contributed by atoms with van der Waals surface area (Å²) in [6.45, 7) is 1.51. The van der Waals surface area contributed by atoms with E-state index in [9.17, 15) is 14.7 Å². The summed E-state index contributed by atoms with van der Waals surface area (Å²) < 4.78 is 10.6. The van der Waals surface area contributed by atoms with Gasteiger partial charge in [0.2, 0.25) is 0 Å². The molecule has 1 aromatic rings. The first kappa shape index (κ1) is 19.2. The van der Waals surface area contributed by atoms with Gasteiger partial charge in [-0.2, -0.15) is 0 Å². The predicted octanol–water partition coefficient (Wildman–Crippen LogP) is 2.99. The third kappa shape index (κ3) is 4.28. The van der Waals surface area contributed by atoms with Crippen molar-refractivity contribution in [3.05, 3.63) is 23.8 Å². The largest absolute Gasteiger partial charge is 0.493 e. The second kappa shape index (κ2) is 8.29. The third-order valence-corrected chi connectivity index (χ3v) is 4.86. The number of carboxylic acid groups (broad SMARTS) is 1. The smallest absolute Gasteiger partial charge is 0.326 e. The molecule has 0 amide bonds. The van der Waals surface area contributed by atoms with Crippen LogP contribution in [0, 0.1) is 0 Å². The zero-order valence-corrected chi connectivity index (χ0v) is 15.5. The Bertz CT molecular complexity index is 675. The van der Waals surface area contributed by atoms with Crippen LogP contribution in [0.4, 0.5) is 0 Å². The number of likely N-dealkylation sites (tertiary alicyclic amines) is 1. The first-order chi connectivity index (χ1) is 11.9. The Balaban J connectivity index is 2.32. The van der Waals surface area contributed by atoms with Gasteiger partial charge in [-0.25, -0.2) is 4.79 Å². The summed E-state index contributed by atoms with van der Waals surface area (Å²) in [5, 5.41) is 9.54. The van der Waals surface area contributed by atoms with Gasteiger partial charge in [0.25, 0.3) is 0 Å². The van der Waals surface area contributed by atoms with E-state index in [2.05, 4.69) is 0 Å². The molecule has 0 radical (unpaired) electrons. The Morgan fingerprint density at radius 1 is 1.20 bits per heavy atom. The highest BCUT2D eigenvalue weighted by molar-refractivity contribution is 7.80. The first-order valence-electron chi connectivity index (χ1n) is 8.14. The molecule has 1 aromatic carbocycles. The van der Waals surface area contributed by atoms with E-state index in [1.54, 1.807) is 25.2 Å². The molecule has 0 aromatic heterocycles. The molecule has 1 aliphatic heterocycles. The maximum Gasteiger partial charge on any atom is 0.326 e. The predicted molar refractivity (Wildman–Crippen MR) is 97.3 cm³/mol. The van der Waals surface area contributed by atoms with Gasteiger partial charge < -0.3 is 24.3 Å². The van der Waals surface area contributed by atoms with Crippen LogP contribution in [-0.4, -0.2) is 47.0 Å². The number of methoxy groups -OCH3 is 2. The Morgan fingerprint density at radius 3 is 2.44 bits per heavy atom. The highest BCUT2D eigenvalue weighted by Crippen LogP contribution is 2.40. The van der Waals surface area contributed by atoms with E-state index in [4.69, 9.17) is 21.7 Å². The van der Waals surface area contributed by atoms with Crippen LogP contribution < -0.4 is 9.47 Å². The zero-order chi connectivity index (χ0) is 18.6. The van der Waals surface area contributed by atoms with Crippen molar-refractivity contribution in [3.63, 3.8) is 0 Å². The van der Waals surface area contributed by atoms with Crippen LogP contribution in [0.15, 0.2) is 18.2 Å². The number of carbonyl (C=O) groups excluding carboxylic acids is 1. The Morgan fingerprint density at radius 2 is 1.88 bits per heavy atom. The van der Waals surface area contributed by atoms with E-state index in [0.717, 1.165) is 5.56 Å². The molecule has 1 heterocycles. The first-order valence-corrected chi connectivity index (χ1v) is 8.55. The van der Waals surface area contributed by atoms with Crippen LogP contribution in [0.25, 0.3) is 0 Å². The number of nitrogens with zero attached hydrogens (tertiary/aromatic N) is 1. The molecule has 1 saturated heterocycles. The number of hydrogen-bond donors (Lipinski definition) is 1. The monoisotopic (exact) mass is 365 g/mol. The van der Waals surface area contributed by atoms with Gasteiger partial charge in [-0.3, -0.25) is 0 Å². The van der Waals surface area contributed by atoms with Crippen molar-refractivity contribution in [1.82, 2.24) is 4.90 Å². The molecule has 1 fully saturated rings. The molecule has 1 N–H and O–H groups in total. The van der Waals surface area contributed by atoms with Gasteiger partial charge in [-0.15, -0.1) is 0 Å². The average molecular weight is 365 g/mol. The van der Waals surface area contributed by atoms with Crippen molar-refractivity contribution in [2.24, 2.45) is 0 Å². The Labute approximate surface area is 152 Å². The summed E-state index contributed by atoms with van der Waals surface area (Å²) in [5.74, 6) is 0.349. The molecule has 0 unspecified atom stereocenters. The van der Waals surface area contributed by atoms with Crippen molar-refractivity contribution < 1.29 is 24.2 Å². The fourth-order valence-corrected chi connectivity index (χ4v) is 3.56. The van der Waals surface area contributed by atoms with Gasteiger partial charge in [0, 0.05) is 12.8 Å². The number of Topliss-reactive ketones (excluding diaryl/α,β-unsaturated/α-hetero) is 1. The van der Waals surface area contributed by atoms with Crippen LogP contribution in [0.3, 0.4) is 0 Å². The van der Waals surface area contributed by atoms with E-state index < -0.39 is 12.0 Å². The number of aliphatic carboxylic acids is 1. The molecule has 7 heteroatoms. The average Bonchev–Trinajstić information content (AvgIpc) is 3.04. The number of hydrogen-bond acceptors (Lipinski definition) is 5. The van der Waals surface area contributed by atoms with Gasteiger partial charge in [-0.05, 0) is 37.5 Å². The molecule has 1 aliphatic rings. The molecule has 0 aliphatic carbocycles. The van der Waals surface area contributed by atoms with E-state index in [0.29, 0.717) is 42.2 Å². The van der Waals surface area contributed by atoms with E-state index in [1.807, 2.05) is 12.1 Å². The second-order valence-corrected chi connectivity index (χ2v) is 6.54. The lowest BCUT2D eigenvalue weighted by molar-refractivity contribution is -0.141. The van der Waals surface area contributed by atoms with E-state index in [-0.39, 0.29) is 11.8 Å². The third-order valence-electron chi connectivity index (χ3n) is 4.44. The number of ether oxygens (including phenoxy) is 2. The number of benzene rings is 1. The number of thiocarbonyl (C=S) groups is 1. The quantitative estimate of drug-likeness (QED) is 0.744. The van der Waals surface area contributed by atoms with Crippen LogP contribution in [0.1, 0.15) is 44.2 Å². The van der Waals surface area contributed by atoms with Gasteiger partial charge in [0.1, 0.15) is 11.8 Å². The highest BCUT2D eigenvalue weighted by atomic mass is 32.1. The molecule has 136 valence electrons. The number of carboxylic acids is 1. The number of ketones is 1. The normalized spacial score (nSPS) is 19.6. The van der Waals surface area contributed by atoms with Crippen molar-refractivity contribution in [2.75, 3.05) is 14.2 Å². The second-order valence-electron chi connectivity index (χ2n) is 6.06. The van der Waals surface area contributed by atoms with Crippen molar-refractivity contribution in [1.29, 1.82) is 0 Å². The summed E-state index contributed by atoms with van der Waals surface area (Å²) in [6, 6.07) is 4.74. The van der Waals surface area contributed by atoms with Crippen LogP contribution >= 0.6 is 12.2 Å². The maximum atomic E-state index is 11.6. The summed E-state index contributed by atoms with van der Waals surface area (Å²) in [5.41, 5.74) is 0.923. The summed E-state index contributed by atoms with van der Waals surface area (Å²) in [4.78, 5) is 25.2. The fraction of sp³-hybridized carbons (Fsp3) is 0.500. The van der Waals surface area contributed by atoms with Gasteiger partial charge >= 0.3 is 5.97 Å². The van der Waals surface area contributed by atoms with Gasteiger partial charge in [0.05, 0.1) is 25.2 Å². The number of rotatable bonds is 7. The molecule has 0 spiro atoms. The SMILES string of the molecule is COc1ccc([C@H]2CC[C@@H](C(=O)O)N2C(=S)CCC(C)=O)cc1OC. The minimum absolute atomic E-state index is 0.0380. The molecular formula is C18H23NO5S. The lowest BCUT2D eigenvalue weighted by Gasteiger charge is -2.31. The van der Waals surface area contributed by atoms with Crippen LogP contribution in [0.2, 0.25) is 0 Å². The minimum Gasteiger partial charge on any atom is -0.493 e. The molecule has 6 nitrogen and oxygen atoms in total. The van der Waals surface area contributed by atoms with Crippen molar-refractivity contribution in [3.8, 4) is 11.5 Å². The van der Waals surface area contributed by atoms with Crippen LogP contribution in [-0.2, 0) is 9.59 Å². The van der Waals surface area contributed by atoms with Gasteiger partial charge in [0.15, 0.2) is 11.5 Å². The molecule has 2 rings (SSSR count). The molecule has 25 heavy (non-hydrogen) atoms. The Hall–Kier alpha value is -2.15. The molecular weight excluding hydrogens is 342 g/mol. The van der Waals surface area contributed by atoms with E-state index in [1.165, 1.54) is 6.92 Å². The van der Waals surface area contributed by atoms with Crippen molar-refractivity contribution in [2.45, 2.75) is 44.7 Å². The lowest BCUT2D eigenvalue weighted by atomic mass is 10.0. The highest BCUT2D eigenvalue weighted by Gasteiger charge is 2.40. The minimum atomic E-state index is -0.895.